The molecule has 0 spiro atoms. The van der Waals surface area contributed by atoms with Gasteiger partial charge in [-0.05, 0) is 60.9 Å². The highest BCUT2D eigenvalue weighted by Crippen LogP contribution is 2.43. The Morgan fingerprint density at radius 1 is 1.12 bits per heavy atom. The van der Waals surface area contributed by atoms with Gasteiger partial charge >= 0.3 is 0 Å². The van der Waals surface area contributed by atoms with Crippen molar-refractivity contribution in [2.24, 2.45) is 0 Å². The average molecular weight is 449 g/mol. The number of aromatic nitrogens is 1. The number of methoxy groups -OCH3 is 1. The molecule has 4 rings (SSSR count). The van der Waals surface area contributed by atoms with Crippen LogP contribution < -0.4 is 9.64 Å². The normalized spacial score (nSPS) is 17.6. The van der Waals surface area contributed by atoms with Crippen LogP contribution in [-0.2, 0) is 9.59 Å². The molecule has 0 saturated carbocycles. The fourth-order valence-electron chi connectivity index (χ4n) is 3.88. The maximum Gasteiger partial charge on any atom is 0.300 e. The second-order valence-electron chi connectivity index (χ2n) is 7.59. The number of aliphatic hydroxyl groups excluding tert-OH is 1. The molecule has 1 N–H and O–H groups in total. The molecule has 1 amide bonds. The number of anilines is 1. The third kappa shape index (κ3) is 3.63. The van der Waals surface area contributed by atoms with Crippen LogP contribution in [0.4, 0.5) is 5.69 Å². The molecule has 1 aliphatic heterocycles. The van der Waals surface area contributed by atoms with Crippen molar-refractivity contribution in [3.8, 4) is 5.75 Å². The number of carbonyl (C=O) groups is 2. The molecule has 3 aromatic rings. The van der Waals surface area contributed by atoms with Gasteiger partial charge < -0.3 is 9.84 Å². The number of nitrogens with zero attached hydrogens (tertiary/aromatic N) is 2. The van der Waals surface area contributed by atoms with Gasteiger partial charge in [-0.2, -0.15) is 0 Å². The molecule has 162 valence electrons. The number of carbonyl (C=O) groups excluding carboxylic acids is 2. The number of Topliss-reactive ketones (excluding diaryl/α,β-unsaturated/α-hetero) is 1. The highest BCUT2D eigenvalue weighted by atomic mass is 35.5. The Balaban J connectivity index is 1.96. The maximum atomic E-state index is 13.2. The molecule has 1 aliphatic rings. The molecule has 2 heterocycles. The number of aryl methyl sites for hydroxylation is 2. The highest BCUT2D eigenvalue weighted by molar-refractivity contribution is 6.51. The van der Waals surface area contributed by atoms with E-state index in [2.05, 4.69) is 4.98 Å². The quantitative estimate of drug-likeness (QED) is 0.345. The Morgan fingerprint density at radius 3 is 2.56 bits per heavy atom. The van der Waals surface area contributed by atoms with Crippen molar-refractivity contribution in [2.45, 2.75) is 19.9 Å². The molecule has 6 nitrogen and oxygen atoms in total. The molecular weight excluding hydrogens is 428 g/mol. The van der Waals surface area contributed by atoms with Crippen LogP contribution in [0.5, 0.6) is 5.75 Å². The van der Waals surface area contributed by atoms with Gasteiger partial charge in [0.25, 0.3) is 11.7 Å². The first-order chi connectivity index (χ1) is 15.3. The van der Waals surface area contributed by atoms with Crippen molar-refractivity contribution >= 4 is 34.7 Å². The lowest BCUT2D eigenvalue weighted by Gasteiger charge is -2.27. The summed E-state index contributed by atoms with van der Waals surface area (Å²) in [5.41, 5.74) is 3.27. The van der Waals surface area contributed by atoms with Gasteiger partial charge in [-0.15, -0.1) is 0 Å². The minimum atomic E-state index is -0.843. The molecule has 1 fully saturated rings. The fraction of sp³-hybridized carbons (Fsp3) is 0.160. The zero-order valence-corrected chi connectivity index (χ0v) is 18.6. The van der Waals surface area contributed by atoms with E-state index < -0.39 is 17.7 Å². The van der Waals surface area contributed by atoms with Crippen molar-refractivity contribution in [3.63, 3.8) is 0 Å². The molecule has 0 bridgehead atoms. The summed E-state index contributed by atoms with van der Waals surface area (Å²) in [6.45, 7) is 3.79. The first-order valence-electron chi connectivity index (χ1n) is 9.95. The standard InChI is InChI=1S/C25H21ClN2O4/c1-14-6-7-15(2)19(11-14)28-22(17-5-4-10-27-13-17)21(24(30)25(28)31)23(29)16-8-9-20(32-3)18(26)12-16/h4-13,22,29H,1-3H3/b23-21-. The molecule has 32 heavy (non-hydrogen) atoms. The van der Waals surface area contributed by atoms with Gasteiger partial charge in [0.05, 0.1) is 23.7 Å². The van der Waals surface area contributed by atoms with Gasteiger partial charge in [-0.25, -0.2) is 0 Å². The van der Waals surface area contributed by atoms with E-state index in [0.29, 0.717) is 22.6 Å². The summed E-state index contributed by atoms with van der Waals surface area (Å²) in [6.07, 6.45) is 3.19. The third-order valence-corrected chi connectivity index (χ3v) is 5.79. The molecule has 0 radical (unpaired) electrons. The summed E-state index contributed by atoms with van der Waals surface area (Å²) < 4.78 is 5.17. The summed E-state index contributed by atoms with van der Waals surface area (Å²) in [5.74, 6) is -1.37. The SMILES string of the molecule is COc1ccc(/C(O)=C2/C(=O)C(=O)N(c3cc(C)ccc3C)C2c2cccnc2)cc1Cl. The molecule has 1 unspecified atom stereocenters. The van der Waals surface area contributed by atoms with E-state index in [4.69, 9.17) is 16.3 Å². The third-order valence-electron chi connectivity index (χ3n) is 5.49. The summed E-state index contributed by atoms with van der Waals surface area (Å²) in [7, 11) is 1.48. The van der Waals surface area contributed by atoms with Crippen LogP contribution >= 0.6 is 11.6 Å². The van der Waals surface area contributed by atoms with Crippen LogP contribution in [0.15, 0.2) is 66.5 Å². The predicted molar refractivity (Wildman–Crippen MR) is 123 cm³/mol. The van der Waals surface area contributed by atoms with Crippen molar-refractivity contribution in [1.82, 2.24) is 4.98 Å². The number of ether oxygens (including phenoxy) is 1. The van der Waals surface area contributed by atoms with Crippen LogP contribution in [-0.4, -0.2) is 28.9 Å². The van der Waals surface area contributed by atoms with Gasteiger partial charge in [-0.1, -0.05) is 29.8 Å². The zero-order chi connectivity index (χ0) is 23.0. The highest BCUT2D eigenvalue weighted by Gasteiger charge is 2.47. The lowest BCUT2D eigenvalue weighted by atomic mass is 9.95. The van der Waals surface area contributed by atoms with Crippen LogP contribution in [0, 0.1) is 13.8 Å². The van der Waals surface area contributed by atoms with E-state index in [0.717, 1.165) is 11.1 Å². The maximum absolute atomic E-state index is 13.2. The second kappa shape index (κ2) is 8.48. The molecule has 1 atom stereocenters. The van der Waals surface area contributed by atoms with E-state index in [9.17, 15) is 14.7 Å². The molecule has 7 heteroatoms. The fourth-order valence-corrected chi connectivity index (χ4v) is 4.14. The predicted octanol–water partition coefficient (Wildman–Crippen LogP) is 4.99. The summed E-state index contributed by atoms with van der Waals surface area (Å²) in [4.78, 5) is 32.0. The van der Waals surface area contributed by atoms with Gasteiger partial charge in [0.2, 0.25) is 0 Å². The summed E-state index contributed by atoms with van der Waals surface area (Å²) in [5, 5.41) is 11.5. The molecule has 1 saturated heterocycles. The van der Waals surface area contributed by atoms with Crippen molar-refractivity contribution < 1.29 is 19.4 Å². The van der Waals surface area contributed by atoms with E-state index in [1.54, 1.807) is 36.7 Å². The average Bonchev–Trinajstić information content (AvgIpc) is 3.06. The molecule has 2 aromatic carbocycles. The largest absolute Gasteiger partial charge is 0.507 e. The molecule has 1 aromatic heterocycles. The molecular formula is C25H21ClN2O4. The number of hydrogen-bond donors (Lipinski definition) is 1. The first kappa shape index (κ1) is 21.6. The number of benzene rings is 2. The van der Waals surface area contributed by atoms with E-state index in [1.807, 2.05) is 32.0 Å². The van der Waals surface area contributed by atoms with Crippen LogP contribution in [0.2, 0.25) is 5.02 Å². The number of hydrogen-bond acceptors (Lipinski definition) is 5. The Kier molecular flexibility index (Phi) is 5.72. The lowest BCUT2D eigenvalue weighted by Crippen LogP contribution is -2.30. The number of rotatable bonds is 4. The van der Waals surface area contributed by atoms with E-state index in [1.165, 1.54) is 18.1 Å². The monoisotopic (exact) mass is 448 g/mol. The van der Waals surface area contributed by atoms with Crippen molar-refractivity contribution in [1.29, 1.82) is 0 Å². The van der Waals surface area contributed by atoms with E-state index in [-0.39, 0.29) is 16.4 Å². The smallest absolute Gasteiger partial charge is 0.300 e. The first-order valence-corrected chi connectivity index (χ1v) is 10.3. The number of halogens is 1. The summed E-state index contributed by atoms with van der Waals surface area (Å²) >= 11 is 6.23. The number of pyridine rings is 1. The number of ketones is 1. The lowest BCUT2D eigenvalue weighted by molar-refractivity contribution is -0.132. The molecule has 0 aliphatic carbocycles. The minimum absolute atomic E-state index is 0.0230. The zero-order valence-electron chi connectivity index (χ0n) is 17.8. The van der Waals surface area contributed by atoms with Gasteiger partial charge in [-0.3, -0.25) is 19.5 Å². The second-order valence-corrected chi connectivity index (χ2v) is 8.00. The Morgan fingerprint density at radius 2 is 1.91 bits per heavy atom. The van der Waals surface area contributed by atoms with Gasteiger partial charge in [0.1, 0.15) is 11.5 Å². The van der Waals surface area contributed by atoms with Crippen LogP contribution in [0.3, 0.4) is 0 Å². The Hall–Kier alpha value is -3.64. The van der Waals surface area contributed by atoms with Crippen molar-refractivity contribution in [3.05, 3.63) is 93.8 Å². The Labute approximate surface area is 190 Å². The van der Waals surface area contributed by atoms with Gasteiger partial charge in [0, 0.05) is 23.6 Å². The minimum Gasteiger partial charge on any atom is -0.507 e. The number of aliphatic hydroxyl groups is 1. The van der Waals surface area contributed by atoms with Gasteiger partial charge in [0.15, 0.2) is 0 Å². The van der Waals surface area contributed by atoms with Crippen LogP contribution in [0.25, 0.3) is 5.76 Å². The van der Waals surface area contributed by atoms with E-state index >= 15 is 0 Å². The number of amides is 1. The van der Waals surface area contributed by atoms with Crippen LogP contribution in [0.1, 0.15) is 28.3 Å². The topological polar surface area (TPSA) is 79.7 Å². The summed E-state index contributed by atoms with van der Waals surface area (Å²) in [6, 6.07) is 13.0. The Bertz CT molecular complexity index is 1250. The van der Waals surface area contributed by atoms with Crippen molar-refractivity contribution in [2.75, 3.05) is 12.0 Å².